The molecular formula is C19H26N4OS. The summed E-state index contributed by atoms with van der Waals surface area (Å²) in [5.74, 6) is 0. The van der Waals surface area contributed by atoms with Crippen molar-refractivity contribution >= 4 is 17.4 Å². The molecule has 2 aromatic heterocycles. The van der Waals surface area contributed by atoms with Gasteiger partial charge in [0.05, 0.1) is 5.01 Å². The standard InChI is InChI=1S/C19H26N4OS/c1-15-14-25-18(22-15)9-11-21-19(24)23(17-7-3-2-4-8-17)13-16-6-5-10-20-12-16/h5-6,10,12,14,17H,2-4,7-9,11,13H2,1H3,(H,21,24). The lowest BCUT2D eigenvalue weighted by Crippen LogP contribution is -2.46. The summed E-state index contributed by atoms with van der Waals surface area (Å²) in [5, 5.41) is 6.22. The number of hydrogen-bond donors (Lipinski definition) is 1. The molecule has 2 heterocycles. The van der Waals surface area contributed by atoms with Crippen LogP contribution in [0.1, 0.15) is 48.4 Å². The number of aromatic nitrogens is 2. The van der Waals surface area contributed by atoms with E-state index in [-0.39, 0.29) is 6.03 Å². The van der Waals surface area contributed by atoms with Gasteiger partial charge in [0.15, 0.2) is 0 Å². The minimum Gasteiger partial charge on any atom is -0.338 e. The first-order valence-corrected chi connectivity index (χ1v) is 9.95. The molecule has 2 amide bonds. The number of pyridine rings is 1. The fourth-order valence-corrected chi connectivity index (χ4v) is 4.12. The largest absolute Gasteiger partial charge is 0.338 e. The molecule has 5 nitrogen and oxygen atoms in total. The minimum atomic E-state index is 0.0315. The summed E-state index contributed by atoms with van der Waals surface area (Å²) in [5.41, 5.74) is 2.13. The van der Waals surface area contributed by atoms with Crippen molar-refractivity contribution in [1.29, 1.82) is 0 Å². The molecule has 0 radical (unpaired) electrons. The Morgan fingerprint density at radius 2 is 2.20 bits per heavy atom. The van der Waals surface area contributed by atoms with Crippen LogP contribution in [0.3, 0.4) is 0 Å². The van der Waals surface area contributed by atoms with E-state index in [1.807, 2.05) is 35.5 Å². The van der Waals surface area contributed by atoms with Gasteiger partial charge in [-0.1, -0.05) is 25.3 Å². The molecule has 0 spiro atoms. The van der Waals surface area contributed by atoms with Crippen LogP contribution in [0.4, 0.5) is 4.79 Å². The summed E-state index contributed by atoms with van der Waals surface area (Å²) in [6.45, 7) is 3.25. The lowest BCUT2D eigenvalue weighted by atomic mass is 9.94. The lowest BCUT2D eigenvalue weighted by molar-refractivity contribution is 0.151. The van der Waals surface area contributed by atoms with Crippen LogP contribution in [0, 0.1) is 6.92 Å². The predicted octanol–water partition coefficient (Wildman–Crippen LogP) is 3.93. The molecular weight excluding hydrogens is 332 g/mol. The summed E-state index contributed by atoms with van der Waals surface area (Å²) in [7, 11) is 0. The van der Waals surface area contributed by atoms with Crippen LogP contribution in [0.25, 0.3) is 0 Å². The summed E-state index contributed by atoms with van der Waals surface area (Å²) in [6.07, 6.45) is 10.3. The van der Waals surface area contributed by atoms with Gasteiger partial charge < -0.3 is 10.2 Å². The second-order valence-corrected chi connectivity index (χ2v) is 7.59. The maximum Gasteiger partial charge on any atom is 0.317 e. The first-order valence-electron chi connectivity index (χ1n) is 9.07. The number of carbonyl (C=O) groups is 1. The smallest absolute Gasteiger partial charge is 0.317 e. The van der Waals surface area contributed by atoms with Gasteiger partial charge in [-0.2, -0.15) is 0 Å². The minimum absolute atomic E-state index is 0.0315. The number of rotatable bonds is 6. The van der Waals surface area contributed by atoms with Gasteiger partial charge in [0.1, 0.15) is 0 Å². The van der Waals surface area contributed by atoms with Crippen LogP contribution in [0.2, 0.25) is 0 Å². The quantitative estimate of drug-likeness (QED) is 0.851. The zero-order valence-electron chi connectivity index (χ0n) is 14.8. The zero-order valence-corrected chi connectivity index (χ0v) is 15.6. The van der Waals surface area contributed by atoms with Crippen molar-refractivity contribution in [2.75, 3.05) is 6.54 Å². The molecule has 1 N–H and O–H groups in total. The topological polar surface area (TPSA) is 58.1 Å². The molecule has 6 heteroatoms. The molecule has 2 aromatic rings. The highest BCUT2D eigenvalue weighted by molar-refractivity contribution is 7.09. The molecule has 0 atom stereocenters. The average molecular weight is 359 g/mol. The molecule has 25 heavy (non-hydrogen) atoms. The molecule has 0 saturated heterocycles. The van der Waals surface area contributed by atoms with E-state index < -0.39 is 0 Å². The second-order valence-electron chi connectivity index (χ2n) is 6.65. The molecule has 1 saturated carbocycles. The Hall–Kier alpha value is -1.95. The van der Waals surface area contributed by atoms with Gasteiger partial charge in [-0.3, -0.25) is 4.98 Å². The van der Waals surface area contributed by atoms with Crippen LogP contribution >= 0.6 is 11.3 Å². The Morgan fingerprint density at radius 1 is 1.36 bits per heavy atom. The SMILES string of the molecule is Cc1csc(CCNC(=O)N(Cc2cccnc2)C2CCCCC2)n1. The van der Waals surface area contributed by atoms with E-state index in [1.54, 1.807) is 17.5 Å². The van der Waals surface area contributed by atoms with E-state index in [0.717, 1.165) is 35.5 Å². The molecule has 0 aromatic carbocycles. The molecule has 1 aliphatic rings. The highest BCUT2D eigenvalue weighted by atomic mass is 32.1. The van der Waals surface area contributed by atoms with Gasteiger partial charge in [-0.05, 0) is 31.4 Å². The third-order valence-electron chi connectivity index (χ3n) is 4.63. The van der Waals surface area contributed by atoms with E-state index in [9.17, 15) is 4.79 Å². The van der Waals surface area contributed by atoms with Crippen LogP contribution in [-0.2, 0) is 13.0 Å². The molecule has 1 aliphatic carbocycles. The van der Waals surface area contributed by atoms with Gasteiger partial charge in [0.25, 0.3) is 0 Å². The van der Waals surface area contributed by atoms with E-state index in [0.29, 0.717) is 19.1 Å². The Kier molecular flexibility index (Phi) is 6.39. The van der Waals surface area contributed by atoms with Crippen molar-refractivity contribution in [2.24, 2.45) is 0 Å². The van der Waals surface area contributed by atoms with Crippen molar-refractivity contribution in [3.63, 3.8) is 0 Å². The Labute approximate surface area is 153 Å². The predicted molar refractivity (Wildman–Crippen MR) is 101 cm³/mol. The lowest BCUT2D eigenvalue weighted by Gasteiger charge is -2.34. The molecule has 1 fully saturated rings. The third-order valence-corrected chi connectivity index (χ3v) is 5.66. The molecule has 3 rings (SSSR count). The van der Waals surface area contributed by atoms with Crippen LogP contribution in [0.5, 0.6) is 0 Å². The van der Waals surface area contributed by atoms with E-state index in [2.05, 4.69) is 15.3 Å². The van der Waals surface area contributed by atoms with Gasteiger partial charge in [0.2, 0.25) is 0 Å². The number of hydrogen-bond acceptors (Lipinski definition) is 4. The Balaban J connectivity index is 1.59. The van der Waals surface area contributed by atoms with E-state index in [1.165, 1.54) is 19.3 Å². The van der Waals surface area contributed by atoms with E-state index >= 15 is 0 Å². The molecule has 0 unspecified atom stereocenters. The average Bonchev–Trinajstić information content (AvgIpc) is 3.06. The first-order chi connectivity index (χ1) is 12.2. The number of thiazole rings is 1. The maximum atomic E-state index is 12.8. The van der Waals surface area contributed by atoms with Crippen LogP contribution in [0.15, 0.2) is 29.9 Å². The normalized spacial score (nSPS) is 15.1. The number of carbonyl (C=O) groups excluding carboxylic acids is 1. The van der Waals surface area contributed by atoms with Crippen molar-refractivity contribution in [3.8, 4) is 0 Å². The van der Waals surface area contributed by atoms with Crippen LogP contribution in [-0.4, -0.2) is 33.5 Å². The first kappa shape index (κ1) is 17.9. The van der Waals surface area contributed by atoms with Crippen LogP contribution < -0.4 is 5.32 Å². The van der Waals surface area contributed by atoms with Crippen molar-refractivity contribution in [2.45, 2.75) is 58.0 Å². The van der Waals surface area contributed by atoms with Gasteiger partial charge >= 0.3 is 6.03 Å². The number of amides is 2. The highest BCUT2D eigenvalue weighted by Gasteiger charge is 2.25. The van der Waals surface area contributed by atoms with Gasteiger partial charge in [-0.25, -0.2) is 9.78 Å². The number of aryl methyl sites for hydroxylation is 1. The number of nitrogens with one attached hydrogen (secondary N) is 1. The zero-order chi connectivity index (χ0) is 17.5. The molecule has 134 valence electrons. The number of nitrogens with zero attached hydrogens (tertiary/aromatic N) is 3. The Morgan fingerprint density at radius 3 is 2.88 bits per heavy atom. The summed E-state index contributed by atoms with van der Waals surface area (Å²) >= 11 is 1.66. The molecule has 0 aliphatic heterocycles. The third kappa shape index (κ3) is 5.26. The van der Waals surface area contributed by atoms with Gasteiger partial charge in [-0.15, -0.1) is 11.3 Å². The maximum absolute atomic E-state index is 12.8. The second kappa shape index (κ2) is 8.94. The van der Waals surface area contributed by atoms with Crippen molar-refractivity contribution < 1.29 is 4.79 Å². The summed E-state index contributed by atoms with van der Waals surface area (Å²) < 4.78 is 0. The Bertz CT molecular complexity index is 667. The van der Waals surface area contributed by atoms with Crippen molar-refractivity contribution in [3.05, 3.63) is 46.2 Å². The van der Waals surface area contributed by atoms with Crippen molar-refractivity contribution in [1.82, 2.24) is 20.2 Å². The number of urea groups is 1. The van der Waals surface area contributed by atoms with E-state index in [4.69, 9.17) is 0 Å². The fraction of sp³-hybridized carbons (Fsp3) is 0.526. The van der Waals surface area contributed by atoms with Gasteiger partial charge in [0, 0.05) is 49.0 Å². The highest BCUT2D eigenvalue weighted by Crippen LogP contribution is 2.24. The monoisotopic (exact) mass is 358 g/mol. The fourth-order valence-electron chi connectivity index (χ4n) is 3.34. The summed E-state index contributed by atoms with van der Waals surface area (Å²) in [6, 6.07) is 4.33. The summed E-state index contributed by atoms with van der Waals surface area (Å²) in [4.78, 5) is 23.5. The molecule has 0 bridgehead atoms.